The van der Waals surface area contributed by atoms with E-state index in [1.54, 1.807) is 6.33 Å². The average Bonchev–Trinajstić information content (AvgIpc) is 3.28. The smallest absolute Gasteiger partial charge is 0.419 e. The topological polar surface area (TPSA) is 44.1 Å². The summed E-state index contributed by atoms with van der Waals surface area (Å²) in [7, 11) is 1.40. The van der Waals surface area contributed by atoms with Crippen LogP contribution in [0.25, 0.3) is 33.3 Å². The minimum Gasteiger partial charge on any atom is -0.452 e. The number of rotatable bonds is 8. The van der Waals surface area contributed by atoms with Crippen molar-refractivity contribution in [3.8, 4) is 22.3 Å². The summed E-state index contributed by atoms with van der Waals surface area (Å²) < 4.78 is 6.47. The predicted molar refractivity (Wildman–Crippen MR) is 136 cm³/mol. The maximum absolute atomic E-state index is 12.4. The molecule has 4 aromatic rings. The predicted octanol–water partition coefficient (Wildman–Crippen LogP) is 7.67. The number of hydrogen-bond acceptors (Lipinski definition) is 3. The van der Waals surface area contributed by atoms with Crippen LogP contribution in [0, 0.1) is 0 Å². The number of aromatic nitrogens is 2. The van der Waals surface area contributed by atoms with E-state index in [4.69, 9.17) is 4.74 Å². The van der Waals surface area contributed by atoms with E-state index in [2.05, 4.69) is 79.5 Å². The van der Waals surface area contributed by atoms with Gasteiger partial charge in [-0.3, -0.25) is 0 Å². The van der Waals surface area contributed by atoms with Crippen molar-refractivity contribution >= 4 is 17.1 Å². The first kappa shape index (κ1) is 22.8. The van der Waals surface area contributed by atoms with Crippen LogP contribution in [-0.2, 0) is 17.6 Å². The Morgan fingerprint density at radius 1 is 0.818 bits per heavy atom. The third kappa shape index (κ3) is 4.70. The molecule has 0 unspecified atom stereocenters. The van der Waals surface area contributed by atoms with Gasteiger partial charge >= 0.3 is 6.09 Å². The summed E-state index contributed by atoms with van der Waals surface area (Å²) in [4.78, 5) is 16.9. The molecule has 4 nitrogen and oxygen atoms in total. The van der Waals surface area contributed by atoms with E-state index in [-0.39, 0.29) is 0 Å². The van der Waals surface area contributed by atoms with Gasteiger partial charge in [0, 0.05) is 0 Å². The standard InChI is InChI=1S/C29H32N2O2/c1-4-6-12-21-14-8-10-16-23(21)25-18-27-28(31(20-30-27)29(32)33-3)19-26(25)24-17-11-9-15-22(24)13-7-5-2/h8-11,14-20H,4-7,12-13H2,1-3H3. The van der Waals surface area contributed by atoms with Crippen LogP contribution in [0.4, 0.5) is 4.79 Å². The minimum absolute atomic E-state index is 0.432. The number of fused-ring (bicyclic) bond motifs is 1. The van der Waals surface area contributed by atoms with Gasteiger partial charge in [0.15, 0.2) is 0 Å². The minimum atomic E-state index is -0.432. The Morgan fingerprint density at radius 2 is 1.36 bits per heavy atom. The zero-order valence-corrected chi connectivity index (χ0v) is 19.8. The maximum Gasteiger partial charge on any atom is 0.419 e. The molecule has 0 radical (unpaired) electrons. The lowest BCUT2D eigenvalue weighted by atomic mass is 9.87. The fourth-order valence-electron chi connectivity index (χ4n) is 4.48. The molecule has 0 bridgehead atoms. The molecule has 0 spiro atoms. The third-order valence-corrected chi connectivity index (χ3v) is 6.27. The zero-order valence-electron chi connectivity index (χ0n) is 19.8. The number of benzene rings is 3. The highest BCUT2D eigenvalue weighted by molar-refractivity contribution is 5.97. The Balaban J connectivity index is 1.99. The van der Waals surface area contributed by atoms with Gasteiger partial charge in [-0.05, 0) is 71.2 Å². The fraction of sp³-hybridized carbons (Fsp3) is 0.310. The van der Waals surface area contributed by atoms with Crippen molar-refractivity contribution in [3.63, 3.8) is 0 Å². The molecular formula is C29H32N2O2. The van der Waals surface area contributed by atoms with Crippen LogP contribution in [0.15, 0.2) is 67.0 Å². The Hall–Kier alpha value is -3.40. The average molecular weight is 441 g/mol. The molecule has 0 aliphatic heterocycles. The van der Waals surface area contributed by atoms with Crippen molar-refractivity contribution in [1.82, 2.24) is 9.55 Å². The largest absolute Gasteiger partial charge is 0.452 e. The first-order chi connectivity index (χ1) is 16.2. The van der Waals surface area contributed by atoms with Crippen LogP contribution in [0.3, 0.4) is 0 Å². The van der Waals surface area contributed by atoms with E-state index in [0.717, 1.165) is 60.7 Å². The van der Waals surface area contributed by atoms with Gasteiger partial charge in [0.05, 0.1) is 18.1 Å². The Labute approximate surface area is 196 Å². The van der Waals surface area contributed by atoms with E-state index < -0.39 is 6.09 Å². The summed E-state index contributed by atoms with van der Waals surface area (Å²) in [5.41, 5.74) is 8.96. The van der Waals surface area contributed by atoms with Gasteiger partial charge in [0.25, 0.3) is 0 Å². The summed E-state index contributed by atoms with van der Waals surface area (Å²) in [6, 6.07) is 21.5. The van der Waals surface area contributed by atoms with Crippen molar-refractivity contribution < 1.29 is 9.53 Å². The van der Waals surface area contributed by atoms with Gasteiger partial charge in [-0.25, -0.2) is 14.3 Å². The SMILES string of the molecule is CCCCc1ccccc1-c1cc2ncn(C(=O)OC)c2cc1-c1ccccc1CCCC. The molecule has 0 atom stereocenters. The van der Waals surface area contributed by atoms with E-state index in [0.29, 0.717) is 0 Å². The van der Waals surface area contributed by atoms with E-state index >= 15 is 0 Å². The monoisotopic (exact) mass is 440 g/mol. The van der Waals surface area contributed by atoms with Crippen LogP contribution in [0.1, 0.15) is 50.7 Å². The van der Waals surface area contributed by atoms with Crippen LogP contribution in [0.5, 0.6) is 0 Å². The van der Waals surface area contributed by atoms with E-state index in [1.807, 2.05) is 0 Å². The highest BCUT2D eigenvalue weighted by atomic mass is 16.5. The number of nitrogens with zero attached hydrogens (tertiary/aromatic N) is 2. The molecule has 170 valence electrons. The van der Waals surface area contributed by atoms with Crippen molar-refractivity contribution in [1.29, 1.82) is 0 Å². The zero-order chi connectivity index (χ0) is 23.2. The normalized spacial score (nSPS) is 11.1. The van der Waals surface area contributed by atoms with Gasteiger partial charge in [-0.1, -0.05) is 75.2 Å². The molecular weight excluding hydrogens is 408 g/mol. The number of unbranched alkanes of at least 4 members (excludes halogenated alkanes) is 2. The lowest BCUT2D eigenvalue weighted by Gasteiger charge is -2.17. The quantitative estimate of drug-likeness (QED) is 0.282. The molecule has 0 aliphatic carbocycles. The molecule has 33 heavy (non-hydrogen) atoms. The first-order valence-electron chi connectivity index (χ1n) is 11.9. The summed E-state index contributed by atoms with van der Waals surface area (Å²) in [6.45, 7) is 4.45. The van der Waals surface area contributed by atoms with Crippen LogP contribution in [-0.4, -0.2) is 22.8 Å². The second-order valence-electron chi connectivity index (χ2n) is 8.49. The molecule has 0 saturated carbocycles. The van der Waals surface area contributed by atoms with Gasteiger partial charge in [0.1, 0.15) is 6.33 Å². The Kier molecular flexibility index (Phi) is 7.23. The first-order valence-corrected chi connectivity index (χ1v) is 11.9. The molecule has 0 amide bonds. The highest BCUT2D eigenvalue weighted by Gasteiger charge is 2.18. The lowest BCUT2D eigenvalue weighted by molar-refractivity contribution is 0.174. The Bertz CT molecular complexity index is 1260. The summed E-state index contributed by atoms with van der Waals surface area (Å²) in [6.07, 6.45) is 7.78. The summed E-state index contributed by atoms with van der Waals surface area (Å²) in [5, 5.41) is 0. The van der Waals surface area contributed by atoms with Crippen molar-refractivity contribution in [2.75, 3.05) is 7.11 Å². The molecule has 4 heteroatoms. The Morgan fingerprint density at radius 3 is 1.91 bits per heavy atom. The molecule has 3 aromatic carbocycles. The van der Waals surface area contributed by atoms with Crippen molar-refractivity contribution in [3.05, 3.63) is 78.1 Å². The van der Waals surface area contributed by atoms with Crippen LogP contribution < -0.4 is 0 Å². The third-order valence-electron chi connectivity index (χ3n) is 6.27. The van der Waals surface area contributed by atoms with E-state index in [1.165, 1.54) is 33.9 Å². The summed E-state index contributed by atoms with van der Waals surface area (Å²) in [5.74, 6) is 0. The van der Waals surface area contributed by atoms with Gasteiger partial charge in [-0.2, -0.15) is 0 Å². The molecule has 0 fully saturated rings. The number of hydrogen-bond donors (Lipinski definition) is 0. The number of aryl methyl sites for hydroxylation is 2. The number of imidazole rings is 1. The molecule has 1 heterocycles. The second-order valence-corrected chi connectivity index (χ2v) is 8.49. The van der Waals surface area contributed by atoms with Crippen LogP contribution >= 0.6 is 0 Å². The van der Waals surface area contributed by atoms with Gasteiger partial charge in [-0.15, -0.1) is 0 Å². The highest BCUT2D eigenvalue weighted by Crippen LogP contribution is 2.39. The fourth-order valence-corrected chi connectivity index (χ4v) is 4.48. The second kappa shape index (κ2) is 10.5. The molecule has 0 saturated heterocycles. The molecule has 4 rings (SSSR count). The van der Waals surface area contributed by atoms with E-state index in [9.17, 15) is 4.79 Å². The molecule has 0 aliphatic rings. The lowest BCUT2D eigenvalue weighted by Crippen LogP contribution is -2.09. The molecule has 1 aromatic heterocycles. The van der Waals surface area contributed by atoms with Crippen LogP contribution in [0.2, 0.25) is 0 Å². The number of carbonyl (C=O) groups excluding carboxylic acids is 1. The van der Waals surface area contributed by atoms with Gasteiger partial charge in [0.2, 0.25) is 0 Å². The molecule has 0 N–H and O–H groups in total. The van der Waals surface area contributed by atoms with Gasteiger partial charge < -0.3 is 4.74 Å². The maximum atomic E-state index is 12.4. The summed E-state index contributed by atoms with van der Waals surface area (Å²) >= 11 is 0. The number of carbonyl (C=O) groups is 1. The van der Waals surface area contributed by atoms with Crippen molar-refractivity contribution in [2.24, 2.45) is 0 Å². The number of ether oxygens (including phenoxy) is 1. The number of methoxy groups -OCH3 is 1. The van der Waals surface area contributed by atoms with Crippen molar-refractivity contribution in [2.45, 2.75) is 52.4 Å².